The Morgan fingerprint density at radius 2 is 2.00 bits per heavy atom. The van der Waals surface area contributed by atoms with Gasteiger partial charge in [0.1, 0.15) is 0 Å². The van der Waals surface area contributed by atoms with E-state index in [0.29, 0.717) is 0 Å². The zero-order valence-electron chi connectivity index (χ0n) is 9.02. The summed E-state index contributed by atoms with van der Waals surface area (Å²) < 4.78 is 1.09. The van der Waals surface area contributed by atoms with Crippen LogP contribution in [0.1, 0.15) is 17.2 Å². The summed E-state index contributed by atoms with van der Waals surface area (Å²) in [5.41, 5.74) is 2.40. The molecule has 1 heterocycles. The largest absolute Gasteiger partial charge is 0.309 e. The number of pyridine rings is 1. The molecule has 1 atom stereocenters. The lowest BCUT2D eigenvalue weighted by Gasteiger charge is -2.16. The summed E-state index contributed by atoms with van der Waals surface area (Å²) in [6.45, 7) is 0. The minimum Gasteiger partial charge on any atom is -0.309 e. The van der Waals surface area contributed by atoms with Gasteiger partial charge in [-0.3, -0.25) is 4.98 Å². The van der Waals surface area contributed by atoms with Gasteiger partial charge in [0.2, 0.25) is 0 Å². The van der Waals surface area contributed by atoms with Gasteiger partial charge in [-0.25, -0.2) is 0 Å². The highest BCUT2D eigenvalue weighted by atomic mass is 79.9. The van der Waals surface area contributed by atoms with E-state index in [9.17, 15) is 0 Å². The van der Waals surface area contributed by atoms with Crippen LogP contribution >= 0.6 is 15.9 Å². The van der Waals surface area contributed by atoms with Crippen LogP contribution in [-0.2, 0) is 0 Å². The molecule has 1 N–H and O–H groups in total. The molecule has 0 aliphatic carbocycles. The summed E-state index contributed by atoms with van der Waals surface area (Å²) >= 11 is 3.49. The van der Waals surface area contributed by atoms with Gasteiger partial charge in [-0.15, -0.1) is 0 Å². The van der Waals surface area contributed by atoms with E-state index in [0.717, 1.165) is 4.47 Å². The average molecular weight is 277 g/mol. The second kappa shape index (κ2) is 5.23. The lowest BCUT2D eigenvalue weighted by molar-refractivity contribution is 0.688. The number of hydrogen-bond donors (Lipinski definition) is 1. The third-order valence-electron chi connectivity index (χ3n) is 2.49. The van der Waals surface area contributed by atoms with Crippen LogP contribution in [0.4, 0.5) is 0 Å². The summed E-state index contributed by atoms with van der Waals surface area (Å²) in [5.74, 6) is 0. The van der Waals surface area contributed by atoms with Crippen molar-refractivity contribution in [3.8, 4) is 0 Å². The molecule has 0 bridgehead atoms. The SMILES string of the molecule is CNC(c1cccnc1)c1cccc(Br)c1. The molecule has 0 saturated carbocycles. The van der Waals surface area contributed by atoms with Crippen LogP contribution in [0, 0.1) is 0 Å². The molecule has 0 aliphatic heterocycles. The maximum Gasteiger partial charge on any atom is 0.0589 e. The molecule has 0 aliphatic rings. The van der Waals surface area contributed by atoms with E-state index in [-0.39, 0.29) is 6.04 Å². The smallest absolute Gasteiger partial charge is 0.0589 e. The molecule has 0 fully saturated rings. The molecule has 0 spiro atoms. The minimum atomic E-state index is 0.186. The summed E-state index contributed by atoms with van der Waals surface area (Å²) in [6.07, 6.45) is 3.68. The number of nitrogens with zero attached hydrogens (tertiary/aromatic N) is 1. The second-order valence-electron chi connectivity index (χ2n) is 3.56. The van der Waals surface area contributed by atoms with E-state index in [1.54, 1.807) is 6.20 Å². The van der Waals surface area contributed by atoms with E-state index in [2.05, 4.69) is 44.4 Å². The topological polar surface area (TPSA) is 24.9 Å². The normalized spacial score (nSPS) is 12.4. The highest BCUT2D eigenvalue weighted by Crippen LogP contribution is 2.23. The Kier molecular flexibility index (Phi) is 3.70. The summed E-state index contributed by atoms with van der Waals surface area (Å²) in [4.78, 5) is 4.15. The van der Waals surface area contributed by atoms with Crippen molar-refractivity contribution >= 4 is 15.9 Å². The van der Waals surface area contributed by atoms with Gasteiger partial charge in [-0.1, -0.05) is 34.1 Å². The van der Waals surface area contributed by atoms with Crippen molar-refractivity contribution in [1.82, 2.24) is 10.3 Å². The first-order valence-corrected chi connectivity index (χ1v) is 5.93. The van der Waals surface area contributed by atoms with Crippen LogP contribution in [0.25, 0.3) is 0 Å². The van der Waals surface area contributed by atoms with Gasteiger partial charge in [-0.2, -0.15) is 0 Å². The first-order chi connectivity index (χ1) is 7.81. The highest BCUT2D eigenvalue weighted by molar-refractivity contribution is 9.10. The first-order valence-electron chi connectivity index (χ1n) is 5.14. The van der Waals surface area contributed by atoms with Crippen molar-refractivity contribution < 1.29 is 0 Å². The Balaban J connectivity index is 2.37. The molecule has 0 radical (unpaired) electrons. The third kappa shape index (κ3) is 2.49. The Bertz CT molecular complexity index is 456. The number of aromatic nitrogens is 1. The maximum atomic E-state index is 4.15. The molecule has 1 unspecified atom stereocenters. The zero-order valence-corrected chi connectivity index (χ0v) is 10.6. The van der Waals surface area contributed by atoms with Crippen molar-refractivity contribution in [3.05, 3.63) is 64.4 Å². The minimum absolute atomic E-state index is 0.186. The molecular weight excluding hydrogens is 264 g/mol. The number of benzene rings is 1. The molecule has 0 amide bonds. The summed E-state index contributed by atoms with van der Waals surface area (Å²) in [7, 11) is 1.96. The number of halogens is 1. The standard InChI is InChI=1S/C13H13BrN2/c1-15-13(11-5-3-7-16-9-11)10-4-2-6-12(14)8-10/h2-9,13,15H,1H3. The number of nitrogens with one attached hydrogen (secondary N) is 1. The Labute approximate surface area is 104 Å². The zero-order chi connectivity index (χ0) is 11.4. The predicted octanol–water partition coefficient (Wildman–Crippen LogP) is 3.15. The van der Waals surface area contributed by atoms with E-state index >= 15 is 0 Å². The Morgan fingerprint density at radius 1 is 1.19 bits per heavy atom. The third-order valence-corrected chi connectivity index (χ3v) is 2.98. The molecule has 0 saturated heterocycles. The Morgan fingerprint density at radius 3 is 2.62 bits per heavy atom. The molecule has 2 rings (SSSR count). The average Bonchev–Trinajstić information content (AvgIpc) is 2.31. The van der Waals surface area contributed by atoms with Crippen molar-refractivity contribution in [1.29, 1.82) is 0 Å². The van der Waals surface area contributed by atoms with Gasteiger partial charge in [0.05, 0.1) is 6.04 Å². The molecule has 82 valence electrons. The fourth-order valence-electron chi connectivity index (χ4n) is 1.76. The van der Waals surface area contributed by atoms with Crippen LogP contribution in [0.15, 0.2) is 53.3 Å². The van der Waals surface area contributed by atoms with E-state index in [1.165, 1.54) is 11.1 Å². The molecule has 16 heavy (non-hydrogen) atoms. The monoisotopic (exact) mass is 276 g/mol. The summed E-state index contributed by atoms with van der Waals surface area (Å²) in [5, 5.41) is 3.30. The van der Waals surface area contributed by atoms with Gasteiger partial charge in [-0.05, 0) is 36.4 Å². The van der Waals surface area contributed by atoms with Crippen molar-refractivity contribution in [2.45, 2.75) is 6.04 Å². The van der Waals surface area contributed by atoms with E-state index < -0.39 is 0 Å². The van der Waals surface area contributed by atoms with Gasteiger partial charge in [0.15, 0.2) is 0 Å². The summed E-state index contributed by atoms with van der Waals surface area (Å²) in [6, 6.07) is 12.5. The van der Waals surface area contributed by atoms with E-state index in [1.807, 2.05) is 31.4 Å². The van der Waals surface area contributed by atoms with Crippen LogP contribution in [0.2, 0.25) is 0 Å². The molecule has 1 aromatic carbocycles. The quantitative estimate of drug-likeness (QED) is 0.932. The van der Waals surface area contributed by atoms with Gasteiger partial charge in [0.25, 0.3) is 0 Å². The van der Waals surface area contributed by atoms with Crippen molar-refractivity contribution in [2.75, 3.05) is 7.05 Å². The van der Waals surface area contributed by atoms with Gasteiger partial charge in [0, 0.05) is 16.9 Å². The molecule has 1 aromatic heterocycles. The number of rotatable bonds is 3. The van der Waals surface area contributed by atoms with Crippen LogP contribution in [0.3, 0.4) is 0 Å². The van der Waals surface area contributed by atoms with Crippen molar-refractivity contribution in [3.63, 3.8) is 0 Å². The van der Waals surface area contributed by atoms with E-state index in [4.69, 9.17) is 0 Å². The van der Waals surface area contributed by atoms with Crippen LogP contribution < -0.4 is 5.32 Å². The lowest BCUT2D eigenvalue weighted by atomic mass is 10.0. The van der Waals surface area contributed by atoms with Crippen LogP contribution in [0.5, 0.6) is 0 Å². The predicted molar refractivity (Wildman–Crippen MR) is 69.3 cm³/mol. The molecule has 3 heteroatoms. The molecule has 2 nitrogen and oxygen atoms in total. The van der Waals surface area contributed by atoms with Crippen LogP contribution in [-0.4, -0.2) is 12.0 Å². The number of hydrogen-bond acceptors (Lipinski definition) is 2. The fourth-order valence-corrected chi connectivity index (χ4v) is 2.18. The first kappa shape index (κ1) is 11.3. The van der Waals surface area contributed by atoms with Gasteiger partial charge >= 0.3 is 0 Å². The van der Waals surface area contributed by atoms with Gasteiger partial charge < -0.3 is 5.32 Å². The fraction of sp³-hybridized carbons (Fsp3) is 0.154. The lowest BCUT2D eigenvalue weighted by Crippen LogP contribution is -2.17. The molecular formula is C13H13BrN2. The highest BCUT2D eigenvalue weighted by Gasteiger charge is 2.11. The second-order valence-corrected chi connectivity index (χ2v) is 4.48. The Hall–Kier alpha value is -1.19. The maximum absolute atomic E-state index is 4.15. The van der Waals surface area contributed by atoms with Crippen molar-refractivity contribution in [2.24, 2.45) is 0 Å². The molecule has 2 aromatic rings.